The Morgan fingerprint density at radius 2 is 1.73 bits per heavy atom. The predicted octanol–water partition coefficient (Wildman–Crippen LogP) is 4.58. The van der Waals surface area contributed by atoms with Crippen LogP contribution in [0.25, 0.3) is 0 Å². The van der Waals surface area contributed by atoms with Crippen LogP contribution in [0, 0.1) is 5.92 Å². The Kier molecular flexibility index (Phi) is 6.45. The number of aliphatic carboxylic acids is 1. The highest BCUT2D eigenvalue weighted by atomic mass is 35.5. The van der Waals surface area contributed by atoms with Gasteiger partial charge in [0.05, 0.1) is 34.3 Å². The minimum atomic E-state index is -4.85. The number of benzene rings is 2. The fourth-order valence-electron chi connectivity index (χ4n) is 3.56. The lowest BCUT2D eigenvalue weighted by atomic mass is 10.1. The zero-order valence-electron chi connectivity index (χ0n) is 15.5. The number of alkyl halides is 3. The van der Waals surface area contributed by atoms with Gasteiger partial charge in [-0.3, -0.25) is 4.79 Å². The van der Waals surface area contributed by atoms with Gasteiger partial charge in [-0.2, -0.15) is 13.2 Å². The molecule has 162 valence electrons. The quantitative estimate of drug-likeness (QED) is 0.679. The number of hydrogen-bond donors (Lipinski definition) is 1. The minimum Gasteiger partial charge on any atom is -0.481 e. The molecular weight excluding hydrogens is 445 g/mol. The Morgan fingerprint density at radius 1 is 1.10 bits per heavy atom. The summed E-state index contributed by atoms with van der Waals surface area (Å²) in [7, 11) is -4.42. The van der Waals surface area contributed by atoms with Crippen molar-refractivity contribution >= 4 is 27.4 Å². The summed E-state index contributed by atoms with van der Waals surface area (Å²) in [6.07, 6.45) is -6.33. The predicted molar refractivity (Wildman–Crippen MR) is 103 cm³/mol. The first-order chi connectivity index (χ1) is 14.0. The Hall–Kier alpha value is -2.10. The largest absolute Gasteiger partial charge is 0.481 e. The Balaban J connectivity index is 1.83. The summed E-state index contributed by atoms with van der Waals surface area (Å²) in [5.41, 5.74) is -0.556. The molecule has 0 bridgehead atoms. The number of ether oxygens (including phenoxy) is 1. The molecule has 1 fully saturated rings. The molecule has 30 heavy (non-hydrogen) atoms. The van der Waals surface area contributed by atoms with Gasteiger partial charge in [0.25, 0.3) is 0 Å². The number of carboxylic acids is 1. The standard InChI is InChI=1S/C20H18ClF3O5S/c21-13-7-5-12(6-8-13)11-29-17-10-14(9-15(17)19(25)26)30(27,28)18-4-2-1-3-16(18)20(22,23)24/h1-8,14-15,17H,9-11H2,(H,25,26)/t14-,15-,17-/m1/s1. The smallest absolute Gasteiger partial charge is 0.417 e. The van der Waals surface area contributed by atoms with Crippen molar-refractivity contribution in [3.05, 3.63) is 64.7 Å². The van der Waals surface area contributed by atoms with Crippen molar-refractivity contribution in [2.24, 2.45) is 5.92 Å². The SMILES string of the molecule is O=C(O)[C@@H]1C[C@@H](S(=O)(=O)c2ccccc2C(F)(F)F)C[C@H]1OCc1ccc(Cl)cc1. The van der Waals surface area contributed by atoms with E-state index in [9.17, 15) is 31.5 Å². The molecular formula is C20H18ClF3O5S. The van der Waals surface area contributed by atoms with E-state index in [-0.39, 0.29) is 19.4 Å². The van der Waals surface area contributed by atoms with E-state index < -0.39 is 49.7 Å². The topological polar surface area (TPSA) is 80.7 Å². The molecule has 1 aliphatic carbocycles. The molecule has 0 radical (unpaired) electrons. The van der Waals surface area contributed by atoms with E-state index in [1.54, 1.807) is 24.3 Å². The van der Waals surface area contributed by atoms with Crippen molar-refractivity contribution in [2.45, 2.75) is 41.9 Å². The molecule has 0 saturated heterocycles. The number of carboxylic acid groups (broad SMARTS) is 1. The first-order valence-corrected chi connectivity index (χ1v) is 10.9. The second-order valence-electron chi connectivity index (χ2n) is 7.05. The van der Waals surface area contributed by atoms with E-state index in [2.05, 4.69) is 0 Å². The van der Waals surface area contributed by atoms with Gasteiger partial charge in [-0.15, -0.1) is 0 Å². The normalized spacial score (nSPS) is 22.2. The highest BCUT2D eigenvalue weighted by Gasteiger charge is 2.47. The zero-order chi connectivity index (χ0) is 22.1. The molecule has 2 aromatic rings. The summed E-state index contributed by atoms with van der Waals surface area (Å²) < 4.78 is 71.5. The van der Waals surface area contributed by atoms with Gasteiger partial charge in [0.2, 0.25) is 0 Å². The van der Waals surface area contributed by atoms with Crippen molar-refractivity contribution < 1.29 is 36.2 Å². The van der Waals surface area contributed by atoms with Gasteiger partial charge in [-0.05, 0) is 42.7 Å². The molecule has 10 heteroatoms. The van der Waals surface area contributed by atoms with Crippen molar-refractivity contribution in [1.82, 2.24) is 0 Å². The van der Waals surface area contributed by atoms with E-state index in [4.69, 9.17) is 16.3 Å². The fourth-order valence-corrected chi connectivity index (χ4v) is 5.71. The second kappa shape index (κ2) is 8.56. The lowest BCUT2D eigenvalue weighted by molar-refractivity contribution is -0.146. The average Bonchev–Trinajstić information content (AvgIpc) is 3.12. The maximum absolute atomic E-state index is 13.3. The third-order valence-electron chi connectivity index (χ3n) is 5.09. The number of hydrogen-bond acceptors (Lipinski definition) is 4. The number of sulfone groups is 1. The molecule has 0 amide bonds. The Bertz CT molecular complexity index is 1020. The van der Waals surface area contributed by atoms with Crippen molar-refractivity contribution in [3.63, 3.8) is 0 Å². The van der Waals surface area contributed by atoms with Gasteiger partial charge in [0.1, 0.15) is 0 Å². The molecule has 5 nitrogen and oxygen atoms in total. The van der Waals surface area contributed by atoms with E-state index in [1.165, 1.54) is 6.07 Å². The highest BCUT2D eigenvalue weighted by Crippen LogP contribution is 2.40. The fraction of sp³-hybridized carbons (Fsp3) is 0.350. The van der Waals surface area contributed by atoms with Gasteiger partial charge in [-0.1, -0.05) is 35.9 Å². The van der Waals surface area contributed by atoms with Crippen LogP contribution in [0.5, 0.6) is 0 Å². The molecule has 1 N–H and O–H groups in total. The van der Waals surface area contributed by atoms with Crippen LogP contribution >= 0.6 is 11.6 Å². The summed E-state index contributed by atoms with van der Waals surface area (Å²) >= 11 is 5.81. The Morgan fingerprint density at radius 3 is 2.33 bits per heavy atom. The summed E-state index contributed by atoms with van der Waals surface area (Å²) in [5, 5.41) is 8.70. The average molecular weight is 463 g/mol. The molecule has 0 aliphatic heterocycles. The highest BCUT2D eigenvalue weighted by molar-refractivity contribution is 7.92. The van der Waals surface area contributed by atoms with E-state index in [1.807, 2.05) is 0 Å². The van der Waals surface area contributed by atoms with Crippen LogP contribution in [-0.2, 0) is 32.2 Å². The van der Waals surface area contributed by atoms with Crippen LogP contribution in [-0.4, -0.2) is 30.8 Å². The first-order valence-electron chi connectivity index (χ1n) is 8.99. The summed E-state index contributed by atoms with van der Waals surface area (Å²) in [6, 6.07) is 10.5. The molecule has 2 aromatic carbocycles. The Labute approximate surface area is 176 Å². The van der Waals surface area contributed by atoms with E-state index in [0.717, 1.165) is 12.1 Å². The lowest BCUT2D eigenvalue weighted by Gasteiger charge is -2.17. The van der Waals surface area contributed by atoms with Gasteiger partial charge in [-0.25, -0.2) is 8.42 Å². The van der Waals surface area contributed by atoms with E-state index in [0.29, 0.717) is 16.7 Å². The summed E-state index contributed by atoms with van der Waals surface area (Å²) in [6.45, 7) is 0.0253. The van der Waals surface area contributed by atoms with Crippen LogP contribution < -0.4 is 0 Å². The van der Waals surface area contributed by atoms with Crippen LogP contribution in [0.4, 0.5) is 13.2 Å². The third kappa shape index (κ3) is 4.79. The third-order valence-corrected chi connectivity index (χ3v) is 7.58. The summed E-state index contributed by atoms with van der Waals surface area (Å²) in [4.78, 5) is 10.8. The van der Waals surface area contributed by atoms with Crippen molar-refractivity contribution in [3.8, 4) is 0 Å². The van der Waals surface area contributed by atoms with Crippen LogP contribution in [0.1, 0.15) is 24.0 Å². The molecule has 0 spiro atoms. The van der Waals surface area contributed by atoms with Crippen LogP contribution in [0.2, 0.25) is 5.02 Å². The molecule has 0 unspecified atom stereocenters. The number of carbonyl (C=O) groups is 1. The lowest BCUT2D eigenvalue weighted by Crippen LogP contribution is -2.25. The van der Waals surface area contributed by atoms with E-state index >= 15 is 0 Å². The van der Waals surface area contributed by atoms with Gasteiger partial charge in [0, 0.05) is 5.02 Å². The molecule has 0 aromatic heterocycles. The minimum absolute atomic E-state index is 0.0253. The zero-order valence-corrected chi connectivity index (χ0v) is 17.0. The summed E-state index contributed by atoms with van der Waals surface area (Å²) in [5.74, 6) is -2.40. The van der Waals surface area contributed by atoms with Gasteiger partial charge < -0.3 is 9.84 Å². The number of rotatable bonds is 6. The van der Waals surface area contributed by atoms with Crippen molar-refractivity contribution in [2.75, 3.05) is 0 Å². The first kappa shape index (κ1) is 22.6. The maximum atomic E-state index is 13.3. The molecule has 3 atom stereocenters. The molecule has 3 rings (SSSR count). The van der Waals surface area contributed by atoms with Crippen molar-refractivity contribution in [1.29, 1.82) is 0 Å². The second-order valence-corrected chi connectivity index (χ2v) is 9.69. The maximum Gasteiger partial charge on any atom is 0.417 e. The molecule has 1 saturated carbocycles. The molecule has 0 heterocycles. The van der Waals surface area contributed by atoms with Gasteiger partial charge in [0.15, 0.2) is 9.84 Å². The van der Waals surface area contributed by atoms with Gasteiger partial charge >= 0.3 is 12.1 Å². The molecule has 1 aliphatic rings. The number of halogens is 4. The monoisotopic (exact) mass is 462 g/mol. The van der Waals surface area contributed by atoms with Crippen LogP contribution in [0.15, 0.2) is 53.4 Å². The van der Waals surface area contributed by atoms with Crippen LogP contribution in [0.3, 0.4) is 0 Å².